The van der Waals surface area contributed by atoms with Crippen molar-refractivity contribution in [2.45, 2.75) is 78.6 Å². The highest BCUT2D eigenvalue weighted by atomic mass is 15.1. The minimum Gasteiger partial charge on any atom is -0.370 e. The molecule has 0 aliphatic rings. The third-order valence-corrected chi connectivity index (χ3v) is 3.65. The molecule has 2 N–H and O–H groups in total. The zero-order chi connectivity index (χ0) is 16.0. The Kier molecular flexibility index (Phi) is 10.4. The summed E-state index contributed by atoms with van der Waals surface area (Å²) in [6.07, 6.45) is 11.1. The molecular weight excluding hydrogens is 272 g/mol. The van der Waals surface area contributed by atoms with Crippen molar-refractivity contribution in [1.82, 2.24) is 9.97 Å². The SMILES string of the molecule is CCCCCCCCNc1nc(CCC)cc(NCCC)n1. The Bertz CT molecular complexity index is 393. The molecule has 1 heterocycles. The zero-order valence-corrected chi connectivity index (χ0v) is 14.7. The van der Waals surface area contributed by atoms with Gasteiger partial charge in [0.2, 0.25) is 5.95 Å². The second-order valence-electron chi connectivity index (χ2n) is 5.94. The number of hydrogen-bond acceptors (Lipinski definition) is 4. The normalized spacial score (nSPS) is 10.7. The number of anilines is 2. The highest BCUT2D eigenvalue weighted by molar-refractivity contribution is 5.42. The number of aromatic nitrogens is 2. The van der Waals surface area contributed by atoms with Crippen LogP contribution in [0.3, 0.4) is 0 Å². The van der Waals surface area contributed by atoms with Crippen molar-refractivity contribution in [2.24, 2.45) is 0 Å². The van der Waals surface area contributed by atoms with Crippen LogP contribution in [0.1, 0.15) is 77.8 Å². The lowest BCUT2D eigenvalue weighted by Crippen LogP contribution is -2.10. The molecule has 0 saturated heterocycles. The first-order valence-electron chi connectivity index (χ1n) is 9.15. The molecule has 0 atom stereocenters. The summed E-state index contributed by atoms with van der Waals surface area (Å²) in [5.41, 5.74) is 1.13. The summed E-state index contributed by atoms with van der Waals surface area (Å²) in [7, 11) is 0. The number of unbranched alkanes of at least 4 members (excludes halogenated alkanes) is 5. The Balaban J connectivity index is 2.41. The maximum atomic E-state index is 4.62. The van der Waals surface area contributed by atoms with Gasteiger partial charge in [-0.1, -0.05) is 59.3 Å². The van der Waals surface area contributed by atoms with Crippen molar-refractivity contribution in [2.75, 3.05) is 23.7 Å². The van der Waals surface area contributed by atoms with E-state index in [4.69, 9.17) is 0 Å². The highest BCUT2D eigenvalue weighted by Gasteiger charge is 2.04. The van der Waals surface area contributed by atoms with Crippen LogP contribution in [0.2, 0.25) is 0 Å². The van der Waals surface area contributed by atoms with E-state index < -0.39 is 0 Å². The van der Waals surface area contributed by atoms with Gasteiger partial charge in [-0.15, -0.1) is 0 Å². The van der Waals surface area contributed by atoms with Crippen LogP contribution >= 0.6 is 0 Å². The molecule has 0 aromatic carbocycles. The fourth-order valence-electron chi connectivity index (χ4n) is 2.41. The van der Waals surface area contributed by atoms with Crippen LogP contribution in [-0.4, -0.2) is 23.1 Å². The van der Waals surface area contributed by atoms with Crippen LogP contribution in [0.4, 0.5) is 11.8 Å². The molecule has 126 valence electrons. The first-order valence-corrected chi connectivity index (χ1v) is 9.15. The number of aryl methyl sites for hydroxylation is 1. The Morgan fingerprint density at radius 3 is 2.27 bits per heavy atom. The number of rotatable bonds is 13. The van der Waals surface area contributed by atoms with Gasteiger partial charge in [-0.3, -0.25) is 0 Å². The first-order chi connectivity index (χ1) is 10.8. The number of nitrogens with zero attached hydrogens (tertiary/aromatic N) is 2. The third kappa shape index (κ3) is 8.20. The summed E-state index contributed by atoms with van der Waals surface area (Å²) < 4.78 is 0. The van der Waals surface area contributed by atoms with Gasteiger partial charge in [0.15, 0.2) is 0 Å². The summed E-state index contributed by atoms with van der Waals surface area (Å²) in [6.45, 7) is 8.53. The van der Waals surface area contributed by atoms with Crippen molar-refractivity contribution >= 4 is 11.8 Å². The molecule has 0 saturated carbocycles. The van der Waals surface area contributed by atoms with Gasteiger partial charge < -0.3 is 10.6 Å². The quantitative estimate of drug-likeness (QED) is 0.502. The maximum Gasteiger partial charge on any atom is 0.224 e. The predicted molar refractivity (Wildman–Crippen MR) is 96.7 cm³/mol. The summed E-state index contributed by atoms with van der Waals surface area (Å²) in [4.78, 5) is 9.18. The molecule has 0 amide bonds. The van der Waals surface area contributed by atoms with Gasteiger partial charge in [0.1, 0.15) is 5.82 Å². The molecule has 0 radical (unpaired) electrons. The van der Waals surface area contributed by atoms with E-state index in [0.29, 0.717) is 0 Å². The fraction of sp³-hybridized carbons (Fsp3) is 0.778. The largest absolute Gasteiger partial charge is 0.370 e. The van der Waals surface area contributed by atoms with Crippen LogP contribution in [0, 0.1) is 0 Å². The number of hydrogen-bond donors (Lipinski definition) is 2. The van der Waals surface area contributed by atoms with E-state index in [0.717, 1.165) is 49.8 Å². The predicted octanol–water partition coefficient (Wildman–Crippen LogP) is 5.02. The third-order valence-electron chi connectivity index (χ3n) is 3.65. The number of nitrogens with one attached hydrogen (secondary N) is 2. The van der Waals surface area contributed by atoms with Crippen LogP contribution in [0.25, 0.3) is 0 Å². The van der Waals surface area contributed by atoms with Gasteiger partial charge >= 0.3 is 0 Å². The average Bonchev–Trinajstić information content (AvgIpc) is 2.52. The summed E-state index contributed by atoms with van der Waals surface area (Å²) in [5, 5.41) is 6.76. The topological polar surface area (TPSA) is 49.8 Å². The molecule has 1 rings (SSSR count). The van der Waals surface area contributed by atoms with E-state index in [-0.39, 0.29) is 0 Å². The molecule has 4 nitrogen and oxygen atoms in total. The lowest BCUT2D eigenvalue weighted by atomic mass is 10.1. The molecule has 1 aromatic heterocycles. The summed E-state index contributed by atoms with van der Waals surface area (Å²) >= 11 is 0. The molecular formula is C18H34N4. The van der Waals surface area contributed by atoms with Gasteiger partial charge in [-0.2, -0.15) is 4.98 Å². The molecule has 0 aliphatic heterocycles. The van der Waals surface area contributed by atoms with Crippen molar-refractivity contribution in [3.05, 3.63) is 11.8 Å². The van der Waals surface area contributed by atoms with E-state index in [2.05, 4.69) is 47.4 Å². The molecule has 1 aromatic rings. The molecule has 0 fully saturated rings. The lowest BCUT2D eigenvalue weighted by molar-refractivity contribution is 0.616. The van der Waals surface area contributed by atoms with E-state index >= 15 is 0 Å². The van der Waals surface area contributed by atoms with E-state index in [1.807, 2.05) is 0 Å². The van der Waals surface area contributed by atoms with Gasteiger partial charge in [-0.05, 0) is 19.3 Å². The summed E-state index contributed by atoms with van der Waals surface area (Å²) in [6, 6.07) is 2.08. The van der Waals surface area contributed by atoms with Gasteiger partial charge in [0.05, 0.1) is 0 Å². The lowest BCUT2D eigenvalue weighted by Gasteiger charge is -2.10. The Morgan fingerprint density at radius 1 is 0.773 bits per heavy atom. The second-order valence-corrected chi connectivity index (χ2v) is 5.94. The minimum absolute atomic E-state index is 0.776. The van der Waals surface area contributed by atoms with Crippen molar-refractivity contribution in [1.29, 1.82) is 0 Å². The van der Waals surface area contributed by atoms with E-state index in [1.54, 1.807) is 0 Å². The Labute approximate surface area is 136 Å². The van der Waals surface area contributed by atoms with Crippen LogP contribution in [0.15, 0.2) is 6.07 Å². The molecule has 0 unspecified atom stereocenters. The van der Waals surface area contributed by atoms with Gasteiger partial charge in [0.25, 0.3) is 0 Å². The van der Waals surface area contributed by atoms with Crippen LogP contribution < -0.4 is 10.6 Å². The van der Waals surface area contributed by atoms with Gasteiger partial charge in [0, 0.05) is 24.8 Å². The first kappa shape index (κ1) is 18.7. The average molecular weight is 306 g/mol. The molecule has 22 heavy (non-hydrogen) atoms. The Morgan fingerprint density at radius 2 is 1.55 bits per heavy atom. The van der Waals surface area contributed by atoms with Crippen molar-refractivity contribution in [3.8, 4) is 0 Å². The van der Waals surface area contributed by atoms with Crippen molar-refractivity contribution in [3.63, 3.8) is 0 Å². The Hall–Kier alpha value is -1.32. The monoisotopic (exact) mass is 306 g/mol. The van der Waals surface area contributed by atoms with E-state index in [1.165, 1.54) is 38.5 Å². The molecule has 0 bridgehead atoms. The highest BCUT2D eigenvalue weighted by Crippen LogP contribution is 2.12. The molecule has 0 spiro atoms. The van der Waals surface area contributed by atoms with Gasteiger partial charge in [-0.25, -0.2) is 4.98 Å². The smallest absolute Gasteiger partial charge is 0.224 e. The standard InChI is InChI=1S/C18H34N4/c1-4-7-8-9-10-11-14-20-18-21-16(12-5-2)15-17(22-18)19-13-6-3/h15H,4-14H2,1-3H3,(H2,19,20,21,22). The molecule has 0 aliphatic carbocycles. The minimum atomic E-state index is 0.776. The maximum absolute atomic E-state index is 4.62. The van der Waals surface area contributed by atoms with Crippen molar-refractivity contribution < 1.29 is 0 Å². The fourth-order valence-corrected chi connectivity index (χ4v) is 2.41. The van der Waals surface area contributed by atoms with E-state index in [9.17, 15) is 0 Å². The van der Waals surface area contributed by atoms with Crippen LogP contribution in [-0.2, 0) is 6.42 Å². The molecule has 4 heteroatoms. The zero-order valence-electron chi connectivity index (χ0n) is 14.7. The second kappa shape index (κ2) is 12.2. The summed E-state index contributed by atoms with van der Waals surface area (Å²) in [5.74, 6) is 1.73. The van der Waals surface area contributed by atoms with Crippen LogP contribution in [0.5, 0.6) is 0 Å².